The molecule has 2 fully saturated rings. The van der Waals surface area contributed by atoms with Crippen molar-refractivity contribution in [3.8, 4) is 22.8 Å². The van der Waals surface area contributed by atoms with Gasteiger partial charge in [0.05, 0.1) is 18.3 Å². The van der Waals surface area contributed by atoms with Gasteiger partial charge in [0, 0.05) is 54.3 Å². The molecule has 0 aliphatic carbocycles. The molecule has 7 heteroatoms. The molecule has 2 aliphatic heterocycles. The van der Waals surface area contributed by atoms with E-state index < -0.39 is 0 Å². The molecular formula is C27H33FN4O2. The molecule has 1 unspecified atom stereocenters. The van der Waals surface area contributed by atoms with Gasteiger partial charge in [0.25, 0.3) is 0 Å². The smallest absolute Gasteiger partial charge is 0.165 e. The Labute approximate surface area is 200 Å². The van der Waals surface area contributed by atoms with Gasteiger partial charge in [0.1, 0.15) is 12.4 Å². The van der Waals surface area contributed by atoms with E-state index in [0.717, 1.165) is 72.7 Å². The van der Waals surface area contributed by atoms with Crippen LogP contribution in [0.15, 0.2) is 42.5 Å². The first-order valence-corrected chi connectivity index (χ1v) is 12.1. The van der Waals surface area contributed by atoms with E-state index in [1.54, 1.807) is 12.1 Å². The van der Waals surface area contributed by atoms with Crippen molar-refractivity contribution in [2.75, 3.05) is 58.4 Å². The van der Waals surface area contributed by atoms with Gasteiger partial charge in [0.15, 0.2) is 11.6 Å². The van der Waals surface area contributed by atoms with Crippen LogP contribution in [0.1, 0.15) is 19.3 Å². The molecule has 2 aliphatic rings. The first-order chi connectivity index (χ1) is 16.6. The van der Waals surface area contributed by atoms with E-state index in [0.29, 0.717) is 12.0 Å². The lowest BCUT2D eigenvalue weighted by atomic mass is 9.80. The summed E-state index contributed by atoms with van der Waals surface area (Å²) in [4.78, 5) is 7.32. The maximum atomic E-state index is 14.7. The van der Waals surface area contributed by atoms with Crippen LogP contribution in [0.5, 0.6) is 11.5 Å². The number of nitrogens with one attached hydrogen (secondary N) is 2. The Balaban J connectivity index is 1.52. The van der Waals surface area contributed by atoms with Crippen LogP contribution >= 0.6 is 0 Å². The van der Waals surface area contributed by atoms with Crippen molar-refractivity contribution in [3.05, 3.63) is 48.3 Å². The van der Waals surface area contributed by atoms with Gasteiger partial charge in [-0.25, -0.2) is 9.37 Å². The number of benzene rings is 2. The number of methoxy groups -OCH3 is 1. The number of rotatable bonds is 7. The van der Waals surface area contributed by atoms with Crippen LogP contribution < -0.4 is 25.0 Å². The van der Waals surface area contributed by atoms with Crippen LogP contribution in [0.2, 0.25) is 0 Å². The van der Waals surface area contributed by atoms with E-state index in [1.165, 1.54) is 20.0 Å². The number of hydrogen-bond acceptors (Lipinski definition) is 6. The third kappa shape index (κ3) is 4.55. The van der Waals surface area contributed by atoms with Crippen molar-refractivity contribution in [1.82, 2.24) is 15.6 Å². The summed E-state index contributed by atoms with van der Waals surface area (Å²) in [5.41, 5.74) is 3.94. The molecule has 1 atom stereocenters. The Morgan fingerprint density at radius 3 is 2.76 bits per heavy atom. The molecule has 2 N–H and O–H groups in total. The highest BCUT2D eigenvalue weighted by atomic mass is 19.1. The van der Waals surface area contributed by atoms with Gasteiger partial charge >= 0.3 is 0 Å². The van der Waals surface area contributed by atoms with Crippen molar-refractivity contribution < 1.29 is 13.9 Å². The van der Waals surface area contributed by atoms with Gasteiger partial charge in [-0.05, 0) is 69.3 Å². The van der Waals surface area contributed by atoms with Crippen LogP contribution in [0.3, 0.4) is 0 Å². The van der Waals surface area contributed by atoms with E-state index in [2.05, 4.69) is 21.6 Å². The van der Waals surface area contributed by atoms with E-state index in [-0.39, 0.29) is 11.6 Å². The SMILES string of the molecule is CNCCOc1ccc(-c2cc(N3CCC4(CCCNC4)C3)c3cc(F)c(OC)cc3n2)cc1. The van der Waals surface area contributed by atoms with Crippen molar-refractivity contribution in [3.63, 3.8) is 0 Å². The first kappa shape index (κ1) is 22.9. The zero-order valence-electron chi connectivity index (χ0n) is 20.0. The van der Waals surface area contributed by atoms with Gasteiger partial charge in [0.2, 0.25) is 0 Å². The molecule has 34 heavy (non-hydrogen) atoms. The Hall–Kier alpha value is -2.90. The largest absolute Gasteiger partial charge is 0.494 e. The standard InChI is InChI=1S/C27H33FN4O2/c1-29-11-13-34-20-6-4-19(5-7-20)23-15-25(21-14-22(28)26(33-2)16-24(21)31-23)32-12-9-27(18-32)8-3-10-30-17-27/h4-7,14-16,29-30H,3,8-13,17-18H2,1-2H3. The lowest BCUT2D eigenvalue weighted by molar-refractivity contribution is 0.239. The molecule has 3 heterocycles. The highest BCUT2D eigenvalue weighted by Crippen LogP contribution is 2.42. The number of pyridine rings is 1. The maximum Gasteiger partial charge on any atom is 0.165 e. The van der Waals surface area contributed by atoms with E-state index in [4.69, 9.17) is 14.5 Å². The maximum absolute atomic E-state index is 14.7. The number of halogens is 1. The van der Waals surface area contributed by atoms with Crippen molar-refractivity contribution in [1.29, 1.82) is 0 Å². The minimum atomic E-state index is -0.359. The molecule has 5 rings (SSSR count). The van der Waals surface area contributed by atoms with Crippen LogP contribution in [-0.2, 0) is 0 Å². The molecule has 0 saturated carbocycles. The van der Waals surface area contributed by atoms with Crippen LogP contribution in [-0.4, -0.2) is 58.5 Å². The molecule has 2 aromatic carbocycles. The average Bonchev–Trinajstić information content (AvgIpc) is 3.27. The average molecular weight is 465 g/mol. The number of anilines is 1. The molecule has 6 nitrogen and oxygen atoms in total. The number of hydrogen-bond donors (Lipinski definition) is 2. The number of ether oxygens (including phenoxy) is 2. The first-order valence-electron chi connectivity index (χ1n) is 12.1. The fraction of sp³-hybridized carbons (Fsp3) is 0.444. The summed E-state index contributed by atoms with van der Waals surface area (Å²) in [6.45, 7) is 5.50. The Kier molecular flexibility index (Phi) is 6.57. The molecule has 1 spiro atoms. The highest BCUT2D eigenvalue weighted by Gasteiger charge is 2.39. The summed E-state index contributed by atoms with van der Waals surface area (Å²) in [6, 6.07) is 13.4. The zero-order chi connectivity index (χ0) is 23.5. The number of fused-ring (bicyclic) bond motifs is 1. The second kappa shape index (κ2) is 9.76. The molecule has 0 bridgehead atoms. The Morgan fingerprint density at radius 2 is 2.03 bits per heavy atom. The summed E-state index contributed by atoms with van der Waals surface area (Å²) < 4.78 is 25.8. The predicted molar refractivity (Wildman–Crippen MR) is 134 cm³/mol. The van der Waals surface area contributed by atoms with E-state index in [1.807, 2.05) is 31.3 Å². The summed E-state index contributed by atoms with van der Waals surface area (Å²) in [5.74, 6) is 0.683. The van der Waals surface area contributed by atoms with Crippen LogP contribution in [0.25, 0.3) is 22.2 Å². The van der Waals surface area contributed by atoms with Gasteiger partial charge in [-0.3, -0.25) is 0 Å². The summed E-state index contributed by atoms with van der Waals surface area (Å²) in [7, 11) is 3.39. The monoisotopic (exact) mass is 464 g/mol. The Morgan fingerprint density at radius 1 is 1.18 bits per heavy atom. The second-order valence-corrected chi connectivity index (χ2v) is 9.46. The van der Waals surface area contributed by atoms with E-state index in [9.17, 15) is 4.39 Å². The van der Waals surface area contributed by atoms with Gasteiger partial charge < -0.3 is 25.0 Å². The predicted octanol–water partition coefficient (Wildman–Crippen LogP) is 4.23. The highest BCUT2D eigenvalue weighted by molar-refractivity contribution is 5.95. The van der Waals surface area contributed by atoms with Gasteiger partial charge in [-0.2, -0.15) is 0 Å². The van der Waals surface area contributed by atoms with Crippen molar-refractivity contribution >= 4 is 16.6 Å². The second-order valence-electron chi connectivity index (χ2n) is 9.46. The zero-order valence-corrected chi connectivity index (χ0v) is 20.0. The lowest BCUT2D eigenvalue weighted by Gasteiger charge is -2.34. The minimum Gasteiger partial charge on any atom is -0.494 e. The number of nitrogens with zero attached hydrogens (tertiary/aromatic N) is 2. The van der Waals surface area contributed by atoms with Crippen LogP contribution in [0.4, 0.5) is 10.1 Å². The van der Waals surface area contributed by atoms with E-state index >= 15 is 0 Å². The third-order valence-corrected chi connectivity index (χ3v) is 7.17. The fourth-order valence-electron chi connectivity index (χ4n) is 5.29. The molecule has 0 amide bonds. The van der Waals surface area contributed by atoms with Crippen LogP contribution in [0, 0.1) is 11.2 Å². The molecule has 1 aromatic heterocycles. The number of piperidine rings is 1. The van der Waals surface area contributed by atoms with Gasteiger partial charge in [-0.15, -0.1) is 0 Å². The number of aromatic nitrogens is 1. The molecule has 2 saturated heterocycles. The topological polar surface area (TPSA) is 58.7 Å². The Bertz CT molecular complexity index is 1150. The van der Waals surface area contributed by atoms with Crippen molar-refractivity contribution in [2.45, 2.75) is 19.3 Å². The molecule has 3 aromatic rings. The third-order valence-electron chi connectivity index (χ3n) is 7.17. The normalized spacial score (nSPS) is 20.3. The summed E-state index contributed by atoms with van der Waals surface area (Å²) in [6.07, 6.45) is 3.60. The molecule has 0 radical (unpaired) electrons. The molecular weight excluding hydrogens is 431 g/mol. The molecule has 180 valence electrons. The quantitative estimate of drug-likeness (QED) is 0.511. The summed E-state index contributed by atoms with van der Waals surface area (Å²) >= 11 is 0. The summed E-state index contributed by atoms with van der Waals surface area (Å²) in [5, 5.41) is 7.49. The fourth-order valence-corrected chi connectivity index (χ4v) is 5.29. The number of likely N-dealkylation sites (N-methyl/N-ethyl adjacent to an activating group) is 1. The van der Waals surface area contributed by atoms with Crippen molar-refractivity contribution in [2.24, 2.45) is 5.41 Å². The minimum absolute atomic E-state index is 0.214. The van der Waals surface area contributed by atoms with Gasteiger partial charge in [-0.1, -0.05) is 0 Å². The lowest BCUT2D eigenvalue weighted by Crippen LogP contribution is -2.41.